The number of aliphatic hydroxyl groups is 1. The predicted octanol–water partition coefficient (Wildman–Crippen LogP) is 1.84. The smallest absolute Gasteiger partial charge is 0.227 e. The Morgan fingerprint density at radius 2 is 2.12 bits per heavy atom. The lowest BCUT2D eigenvalue weighted by atomic mass is 10.0. The van der Waals surface area contributed by atoms with Gasteiger partial charge in [0.05, 0.1) is 24.3 Å². The lowest BCUT2D eigenvalue weighted by molar-refractivity contribution is -0.127. The van der Waals surface area contributed by atoms with E-state index in [-0.39, 0.29) is 43.1 Å². The normalized spacial score (nSPS) is 19.0. The first-order valence-electron chi connectivity index (χ1n) is 7.98. The third-order valence-electron chi connectivity index (χ3n) is 4.02. The number of carbonyl (C=O) groups excluding carboxylic acids is 2. The number of nitrogens with one attached hydrogen (secondary N) is 1. The highest BCUT2D eigenvalue weighted by atomic mass is 19.1. The Bertz CT molecular complexity index is 622. The molecule has 1 aliphatic heterocycles. The van der Waals surface area contributed by atoms with Crippen LogP contribution in [0.3, 0.4) is 0 Å². The summed E-state index contributed by atoms with van der Waals surface area (Å²) in [5, 5.41) is 12.1. The molecule has 1 aromatic rings. The first kappa shape index (κ1) is 18.3. The van der Waals surface area contributed by atoms with Crippen LogP contribution in [0.5, 0.6) is 0 Å². The van der Waals surface area contributed by atoms with E-state index in [0.29, 0.717) is 18.4 Å². The molecule has 2 unspecified atom stereocenters. The van der Waals surface area contributed by atoms with Crippen LogP contribution >= 0.6 is 0 Å². The highest BCUT2D eigenvalue weighted by molar-refractivity contribution is 6.00. The molecular weight excluding hydrogens is 318 g/mol. The summed E-state index contributed by atoms with van der Waals surface area (Å²) in [5.41, 5.74) is -0.0300. The predicted molar refractivity (Wildman–Crippen MR) is 85.3 cm³/mol. The molecule has 1 heterocycles. The molecule has 2 amide bonds. The van der Waals surface area contributed by atoms with Crippen molar-refractivity contribution in [3.8, 4) is 0 Å². The average Bonchev–Trinajstić information content (AvgIpc) is 2.88. The standard InChI is InChI=1S/C17H22F2N2O3/c1-10(2)5-13(9-22)20-17(24)11-6-16(23)21(8-11)15-4-3-12(18)7-14(15)19/h3-4,7,10-11,13,22H,5-6,8-9H2,1-2H3,(H,20,24). The molecule has 0 aliphatic carbocycles. The summed E-state index contributed by atoms with van der Waals surface area (Å²) in [5.74, 6) is -2.60. The van der Waals surface area contributed by atoms with Crippen LogP contribution in [0.1, 0.15) is 26.7 Å². The van der Waals surface area contributed by atoms with Gasteiger partial charge in [-0.3, -0.25) is 9.59 Å². The Balaban J connectivity index is 2.04. The Morgan fingerprint density at radius 3 is 2.71 bits per heavy atom. The van der Waals surface area contributed by atoms with Crippen LogP contribution in [0.2, 0.25) is 0 Å². The van der Waals surface area contributed by atoms with Gasteiger partial charge >= 0.3 is 0 Å². The van der Waals surface area contributed by atoms with Crippen molar-refractivity contribution in [3.05, 3.63) is 29.8 Å². The third kappa shape index (κ3) is 4.29. The van der Waals surface area contributed by atoms with E-state index < -0.39 is 17.6 Å². The van der Waals surface area contributed by atoms with Gasteiger partial charge in [-0.1, -0.05) is 13.8 Å². The lowest BCUT2D eigenvalue weighted by Gasteiger charge is -2.21. The van der Waals surface area contributed by atoms with Crippen molar-refractivity contribution < 1.29 is 23.5 Å². The third-order valence-corrected chi connectivity index (χ3v) is 4.02. The van der Waals surface area contributed by atoms with Gasteiger partial charge in [0.2, 0.25) is 11.8 Å². The number of anilines is 1. The monoisotopic (exact) mass is 340 g/mol. The van der Waals surface area contributed by atoms with E-state index in [2.05, 4.69) is 5.32 Å². The molecule has 1 fully saturated rings. The zero-order chi connectivity index (χ0) is 17.9. The lowest BCUT2D eigenvalue weighted by Crippen LogP contribution is -2.42. The van der Waals surface area contributed by atoms with Crippen molar-refractivity contribution in [3.63, 3.8) is 0 Å². The van der Waals surface area contributed by atoms with Crippen molar-refractivity contribution in [2.24, 2.45) is 11.8 Å². The maximum atomic E-state index is 13.8. The van der Waals surface area contributed by atoms with E-state index >= 15 is 0 Å². The fourth-order valence-corrected chi connectivity index (χ4v) is 2.88. The quantitative estimate of drug-likeness (QED) is 0.830. The molecule has 5 nitrogen and oxygen atoms in total. The van der Waals surface area contributed by atoms with E-state index in [1.165, 1.54) is 6.07 Å². The summed E-state index contributed by atoms with van der Waals surface area (Å²) in [6.07, 6.45) is 0.585. The molecule has 1 aromatic carbocycles. The van der Waals surface area contributed by atoms with E-state index in [0.717, 1.165) is 11.0 Å². The minimum Gasteiger partial charge on any atom is -0.394 e. The van der Waals surface area contributed by atoms with Gasteiger partial charge in [0.1, 0.15) is 11.6 Å². The van der Waals surface area contributed by atoms with E-state index in [1.807, 2.05) is 13.8 Å². The van der Waals surface area contributed by atoms with Gasteiger partial charge in [-0.05, 0) is 24.5 Å². The van der Waals surface area contributed by atoms with Gasteiger partial charge in [-0.25, -0.2) is 8.78 Å². The van der Waals surface area contributed by atoms with Crippen LogP contribution in [-0.2, 0) is 9.59 Å². The van der Waals surface area contributed by atoms with Crippen molar-refractivity contribution >= 4 is 17.5 Å². The molecule has 132 valence electrons. The molecule has 0 saturated carbocycles. The molecule has 2 rings (SSSR count). The van der Waals surface area contributed by atoms with Crippen molar-refractivity contribution in [1.29, 1.82) is 0 Å². The van der Waals surface area contributed by atoms with Gasteiger partial charge in [-0.2, -0.15) is 0 Å². The number of carbonyl (C=O) groups is 2. The number of benzene rings is 1. The topological polar surface area (TPSA) is 69.6 Å². The van der Waals surface area contributed by atoms with Gasteiger partial charge in [-0.15, -0.1) is 0 Å². The largest absolute Gasteiger partial charge is 0.394 e. The van der Waals surface area contributed by atoms with Crippen LogP contribution in [0.25, 0.3) is 0 Å². The summed E-state index contributed by atoms with van der Waals surface area (Å²) in [7, 11) is 0. The molecule has 2 atom stereocenters. The molecular formula is C17H22F2N2O3. The van der Waals surface area contributed by atoms with E-state index in [9.17, 15) is 23.5 Å². The van der Waals surface area contributed by atoms with Crippen LogP contribution in [0, 0.1) is 23.5 Å². The van der Waals surface area contributed by atoms with Crippen molar-refractivity contribution in [1.82, 2.24) is 5.32 Å². The zero-order valence-electron chi connectivity index (χ0n) is 13.8. The number of hydrogen-bond acceptors (Lipinski definition) is 3. The van der Waals surface area contributed by atoms with Crippen LogP contribution in [0.15, 0.2) is 18.2 Å². The molecule has 0 radical (unpaired) electrons. The Hall–Kier alpha value is -2.02. The van der Waals surface area contributed by atoms with Crippen molar-refractivity contribution in [2.75, 3.05) is 18.1 Å². The molecule has 0 bridgehead atoms. The first-order valence-corrected chi connectivity index (χ1v) is 7.98. The summed E-state index contributed by atoms with van der Waals surface area (Å²) >= 11 is 0. The second kappa shape index (κ2) is 7.70. The number of amides is 2. The maximum Gasteiger partial charge on any atom is 0.227 e. The Kier molecular flexibility index (Phi) is 5.88. The minimum absolute atomic E-state index is 0.0300. The number of aliphatic hydroxyl groups excluding tert-OH is 1. The van der Waals surface area contributed by atoms with E-state index in [1.54, 1.807) is 0 Å². The van der Waals surface area contributed by atoms with Crippen LogP contribution in [0.4, 0.5) is 14.5 Å². The number of nitrogens with zero attached hydrogens (tertiary/aromatic N) is 1. The summed E-state index contributed by atoms with van der Waals surface area (Å²) in [6, 6.07) is 2.60. The fourth-order valence-electron chi connectivity index (χ4n) is 2.88. The van der Waals surface area contributed by atoms with Gasteiger partial charge in [0.15, 0.2) is 0 Å². The summed E-state index contributed by atoms with van der Waals surface area (Å²) in [4.78, 5) is 25.6. The Labute approximate surface area is 139 Å². The van der Waals surface area contributed by atoms with Crippen LogP contribution in [-0.4, -0.2) is 36.1 Å². The van der Waals surface area contributed by atoms with Gasteiger partial charge in [0.25, 0.3) is 0 Å². The molecule has 0 spiro atoms. The Morgan fingerprint density at radius 1 is 1.42 bits per heavy atom. The molecule has 1 saturated heterocycles. The second-order valence-electron chi connectivity index (χ2n) is 6.52. The van der Waals surface area contributed by atoms with Crippen LogP contribution < -0.4 is 10.2 Å². The highest BCUT2D eigenvalue weighted by Crippen LogP contribution is 2.28. The fraction of sp³-hybridized carbons (Fsp3) is 0.529. The number of halogens is 2. The number of hydrogen-bond donors (Lipinski definition) is 2. The van der Waals surface area contributed by atoms with Gasteiger partial charge in [0, 0.05) is 19.0 Å². The molecule has 0 aromatic heterocycles. The highest BCUT2D eigenvalue weighted by Gasteiger charge is 2.36. The SMILES string of the molecule is CC(C)CC(CO)NC(=O)C1CC(=O)N(c2ccc(F)cc2F)C1. The number of rotatable bonds is 6. The first-order chi connectivity index (χ1) is 11.3. The molecule has 7 heteroatoms. The average molecular weight is 340 g/mol. The van der Waals surface area contributed by atoms with Crippen molar-refractivity contribution in [2.45, 2.75) is 32.7 Å². The molecule has 1 aliphatic rings. The summed E-state index contributed by atoms with van der Waals surface area (Å²) in [6.45, 7) is 3.81. The van der Waals surface area contributed by atoms with Gasteiger partial charge < -0.3 is 15.3 Å². The van der Waals surface area contributed by atoms with E-state index in [4.69, 9.17) is 0 Å². The summed E-state index contributed by atoms with van der Waals surface area (Å²) < 4.78 is 26.8. The zero-order valence-corrected chi connectivity index (χ0v) is 13.8. The second-order valence-corrected chi connectivity index (χ2v) is 6.52. The molecule has 2 N–H and O–H groups in total. The minimum atomic E-state index is -0.836. The maximum absolute atomic E-state index is 13.8. The molecule has 24 heavy (non-hydrogen) atoms.